The Labute approximate surface area is 213 Å². The Balaban J connectivity index is 0.00000157. The van der Waals surface area contributed by atoms with Gasteiger partial charge in [0, 0.05) is 42.2 Å². The van der Waals surface area contributed by atoms with Crippen molar-refractivity contribution >= 4 is 23.5 Å². The van der Waals surface area contributed by atoms with Gasteiger partial charge in [0.25, 0.3) is 5.91 Å². The van der Waals surface area contributed by atoms with Crippen molar-refractivity contribution in [2.24, 2.45) is 0 Å². The summed E-state index contributed by atoms with van der Waals surface area (Å²) >= 11 is 1.51. The molecule has 0 aliphatic carbocycles. The fraction of sp³-hybridized carbons (Fsp3) is 0.185. The van der Waals surface area contributed by atoms with Crippen LogP contribution >= 0.6 is 11.8 Å². The van der Waals surface area contributed by atoms with Gasteiger partial charge in [-0.15, -0.1) is 24.9 Å². The summed E-state index contributed by atoms with van der Waals surface area (Å²) in [6.07, 6.45) is 0. The van der Waals surface area contributed by atoms with E-state index in [1.807, 2.05) is 19.9 Å². The van der Waals surface area contributed by atoms with E-state index < -0.39 is 35.5 Å². The van der Waals surface area contributed by atoms with Crippen molar-refractivity contribution in [3.05, 3.63) is 114 Å². The van der Waals surface area contributed by atoms with Crippen molar-refractivity contribution in [2.75, 3.05) is 4.90 Å². The first-order valence-corrected chi connectivity index (χ1v) is 11.8. The Morgan fingerprint density at radius 1 is 1.08 bits per heavy atom. The predicted octanol–water partition coefficient (Wildman–Crippen LogP) is 6.94. The van der Waals surface area contributed by atoms with Crippen LogP contribution in [0.5, 0.6) is 0 Å². The minimum Gasteiger partial charge on any atom is -0.346 e. The van der Waals surface area contributed by atoms with Crippen LogP contribution in [0, 0.1) is 30.2 Å². The van der Waals surface area contributed by atoms with Gasteiger partial charge in [-0.05, 0) is 37.6 Å². The molecule has 1 N–H and O–H groups in total. The second-order valence-electron chi connectivity index (χ2n) is 7.92. The summed E-state index contributed by atoms with van der Waals surface area (Å²) in [5.41, 5.74) is 1.53. The minimum atomic E-state index is -1.09. The standard InChI is InChI=1S/C25H21F4N3OS.C2H4.H2/c1-13-5-4-6-19(27)18(13)12-32-14(2)15(3)34-23-8-7-22(31-24(23)32)25(33)30-11-17-20(28)9-16(26)10-21(17)29;1-2;/h4-10,15H,2,11-12H2,1,3H3,(H,30,33);1-2H2;1H. The van der Waals surface area contributed by atoms with Crippen LogP contribution in [0.15, 0.2) is 72.8 Å². The molecule has 1 amide bonds. The molecule has 2 aromatic carbocycles. The molecule has 2 heterocycles. The summed E-state index contributed by atoms with van der Waals surface area (Å²) in [4.78, 5) is 19.7. The van der Waals surface area contributed by atoms with Crippen LogP contribution in [-0.4, -0.2) is 16.1 Å². The third-order valence-corrected chi connectivity index (χ3v) is 6.85. The molecule has 1 aliphatic heterocycles. The summed E-state index contributed by atoms with van der Waals surface area (Å²) in [5.74, 6) is -3.80. The highest BCUT2D eigenvalue weighted by Gasteiger charge is 2.29. The Kier molecular flexibility index (Phi) is 8.57. The van der Waals surface area contributed by atoms with Gasteiger partial charge in [-0.2, -0.15) is 0 Å². The number of anilines is 1. The molecule has 36 heavy (non-hydrogen) atoms. The van der Waals surface area contributed by atoms with E-state index in [-0.39, 0.29) is 24.7 Å². The number of amides is 1. The maximum absolute atomic E-state index is 14.5. The molecule has 1 aliphatic rings. The van der Waals surface area contributed by atoms with E-state index in [0.29, 0.717) is 29.2 Å². The summed E-state index contributed by atoms with van der Waals surface area (Å²) in [6.45, 7) is 13.6. The van der Waals surface area contributed by atoms with Crippen molar-refractivity contribution in [1.29, 1.82) is 0 Å². The van der Waals surface area contributed by atoms with E-state index in [9.17, 15) is 22.4 Å². The largest absolute Gasteiger partial charge is 0.346 e. The molecule has 1 atom stereocenters. The quantitative estimate of drug-likeness (QED) is 0.294. The molecule has 4 rings (SSSR count). The number of aromatic nitrogens is 1. The number of hydrogen-bond donors (Lipinski definition) is 1. The predicted molar refractivity (Wildman–Crippen MR) is 137 cm³/mol. The molecule has 3 aromatic rings. The number of nitrogens with one attached hydrogen (secondary N) is 1. The molecule has 0 radical (unpaired) electrons. The van der Waals surface area contributed by atoms with Crippen molar-refractivity contribution in [2.45, 2.75) is 37.1 Å². The average Bonchev–Trinajstić information content (AvgIpc) is 2.84. The smallest absolute Gasteiger partial charge is 0.270 e. The lowest BCUT2D eigenvalue weighted by molar-refractivity contribution is 0.0945. The maximum Gasteiger partial charge on any atom is 0.270 e. The fourth-order valence-electron chi connectivity index (χ4n) is 3.66. The summed E-state index contributed by atoms with van der Waals surface area (Å²) < 4.78 is 55.4. The highest BCUT2D eigenvalue weighted by Crippen LogP contribution is 2.42. The number of nitrogens with zero attached hydrogens (tertiary/aromatic N) is 2. The molecular formula is C27H27F4N3OS. The highest BCUT2D eigenvalue weighted by atomic mass is 32.2. The molecule has 190 valence electrons. The third kappa shape index (κ3) is 5.62. The van der Waals surface area contributed by atoms with Gasteiger partial charge < -0.3 is 10.2 Å². The van der Waals surface area contributed by atoms with E-state index in [4.69, 9.17) is 0 Å². The zero-order valence-corrected chi connectivity index (χ0v) is 20.7. The molecule has 0 fully saturated rings. The normalized spacial score (nSPS) is 14.6. The second-order valence-corrected chi connectivity index (χ2v) is 9.30. The Hall–Kier alpha value is -3.59. The van der Waals surface area contributed by atoms with Crippen LogP contribution in [0.4, 0.5) is 23.4 Å². The van der Waals surface area contributed by atoms with E-state index in [0.717, 1.165) is 10.5 Å². The Morgan fingerprint density at radius 2 is 1.75 bits per heavy atom. The fourth-order valence-corrected chi connectivity index (χ4v) is 4.71. The molecule has 0 saturated heterocycles. The summed E-state index contributed by atoms with van der Waals surface area (Å²) in [6, 6.07) is 9.17. The second kappa shape index (κ2) is 11.4. The zero-order valence-electron chi connectivity index (χ0n) is 19.9. The van der Waals surface area contributed by atoms with Crippen molar-refractivity contribution in [1.82, 2.24) is 10.3 Å². The summed E-state index contributed by atoms with van der Waals surface area (Å²) in [5, 5.41) is 2.42. The first-order chi connectivity index (χ1) is 17.2. The van der Waals surface area contributed by atoms with E-state index in [1.54, 1.807) is 17.0 Å². The van der Waals surface area contributed by atoms with Gasteiger partial charge in [0.15, 0.2) is 0 Å². The number of aryl methyl sites for hydroxylation is 1. The van der Waals surface area contributed by atoms with Crippen LogP contribution in [0.25, 0.3) is 0 Å². The third-order valence-electron chi connectivity index (χ3n) is 5.65. The molecule has 0 saturated carbocycles. The number of rotatable bonds is 5. The van der Waals surface area contributed by atoms with Crippen molar-refractivity contribution in [3.8, 4) is 0 Å². The number of carbonyl (C=O) groups excluding carboxylic acids is 1. The van der Waals surface area contributed by atoms with E-state index >= 15 is 0 Å². The molecule has 0 spiro atoms. The van der Waals surface area contributed by atoms with Crippen molar-refractivity contribution < 1.29 is 23.8 Å². The zero-order chi connectivity index (χ0) is 26.6. The van der Waals surface area contributed by atoms with Gasteiger partial charge in [0.2, 0.25) is 0 Å². The number of thioether (sulfide) groups is 1. The first kappa shape index (κ1) is 27.0. The number of carbonyl (C=O) groups is 1. The van der Waals surface area contributed by atoms with Gasteiger partial charge >= 0.3 is 0 Å². The lowest BCUT2D eigenvalue weighted by Crippen LogP contribution is -2.32. The van der Waals surface area contributed by atoms with Crippen molar-refractivity contribution in [3.63, 3.8) is 0 Å². The highest BCUT2D eigenvalue weighted by molar-refractivity contribution is 8.00. The van der Waals surface area contributed by atoms with Crippen LogP contribution in [0.2, 0.25) is 0 Å². The lowest BCUT2D eigenvalue weighted by atomic mass is 10.1. The van der Waals surface area contributed by atoms with Crippen LogP contribution in [-0.2, 0) is 13.1 Å². The van der Waals surface area contributed by atoms with Gasteiger partial charge in [-0.1, -0.05) is 18.7 Å². The molecule has 1 aromatic heterocycles. The number of fused-ring (bicyclic) bond motifs is 1. The SMILES string of the molecule is C=C.C=C1C(C)Sc2ccc(C(=O)NCc3c(F)cc(F)cc3F)nc2N1Cc1c(C)cccc1F.[HH]. The maximum atomic E-state index is 14.5. The van der Waals surface area contributed by atoms with Crippen LogP contribution in [0.3, 0.4) is 0 Å². The molecular weight excluding hydrogens is 490 g/mol. The summed E-state index contributed by atoms with van der Waals surface area (Å²) in [7, 11) is 0. The number of benzene rings is 2. The first-order valence-electron chi connectivity index (χ1n) is 11.0. The molecule has 0 bridgehead atoms. The number of pyridine rings is 1. The monoisotopic (exact) mass is 517 g/mol. The van der Waals surface area contributed by atoms with Gasteiger partial charge in [-0.25, -0.2) is 22.5 Å². The minimum absolute atomic E-state index is 0. The number of hydrogen-bond acceptors (Lipinski definition) is 4. The van der Waals surface area contributed by atoms with Crippen LogP contribution in [0.1, 0.15) is 35.5 Å². The van der Waals surface area contributed by atoms with Gasteiger partial charge in [0.05, 0.1) is 11.4 Å². The molecule has 1 unspecified atom stereocenters. The Morgan fingerprint density at radius 3 is 2.39 bits per heavy atom. The topological polar surface area (TPSA) is 45.2 Å². The van der Waals surface area contributed by atoms with Crippen LogP contribution < -0.4 is 10.2 Å². The Bertz CT molecular complexity index is 1280. The lowest BCUT2D eigenvalue weighted by Gasteiger charge is -2.35. The van der Waals surface area contributed by atoms with E-state index in [2.05, 4.69) is 30.0 Å². The number of halogens is 4. The van der Waals surface area contributed by atoms with Gasteiger partial charge in [-0.3, -0.25) is 4.79 Å². The van der Waals surface area contributed by atoms with E-state index in [1.165, 1.54) is 23.9 Å². The molecule has 9 heteroatoms. The van der Waals surface area contributed by atoms with Gasteiger partial charge in [0.1, 0.15) is 34.8 Å². The average molecular weight is 518 g/mol. The molecule has 4 nitrogen and oxygen atoms in total.